The summed E-state index contributed by atoms with van der Waals surface area (Å²) < 4.78 is 16.0. The van der Waals surface area contributed by atoms with Crippen LogP contribution in [0.2, 0.25) is 0 Å². The Kier molecular flexibility index (Phi) is 501. The third-order valence-corrected chi connectivity index (χ3v) is 0. The van der Waals surface area contributed by atoms with Gasteiger partial charge in [-0.3, -0.25) is 0 Å². The van der Waals surface area contributed by atoms with Gasteiger partial charge < -0.3 is 0 Å². The fourth-order valence-corrected chi connectivity index (χ4v) is 0. The standard InChI is InChI=1S/CO2.F2/c2-1-3;1-2. The molecule has 0 saturated heterocycles. The summed E-state index contributed by atoms with van der Waals surface area (Å²) in [6.45, 7) is 0. The molecule has 0 saturated carbocycles. The molecule has 0 N–H and O–H groups in total. The molecule has 4 heteroatoms. The van der Waals surface area contributed by atoms with E-state index in [0.29, 0.717) is 0 Å². The average molecular weight is 82.0 g/mol. The maximum atomic E-state index is 8.12. The van der Waals surface area contributed by atoms with Crippen LogP contribution in [-0.4, -0.2) is 6.15 Å². The van der Waals surface area contributed by atoms with Crippen molar-refractivity contribution < 1.29 is 18.7 Å². The summed E-state index contributed by atoms with van der Waals surface area (Å²) in [7, 11) is 0. The van der Waals surface area contributed by atoms with Crippen molar-refractivity contribution in [3.8, 4) is 0 Å². The zero-order chi connectivity index (χ0) is 4.71. The number of halogens is 2. The lowest BCUT2D eigenvalue weighted by atomic mass is 11.8. The lowest BCUT2D eigenvalue weighted by Crippen LogP contribution is -1.22. The second-order valence-electron chi connectivity index (χ2n) is 0.0833. The number of hydrogen-bond donors (Lipinski definition) is 0. The van der Waals surface area contributed by atoms with Crippen LogP contribution in [0.4, 0.5) is 9.15 Å². The molecule has 0 atom stereocenters. The minimum Gasteiger partial charge on any atom is -0.186 e. The van der Waals surface area contributed by atoms with Crippen LogP contribution in [0, 0.1) is 0 Å². The van der Waals surface area contributed by atoms with Gasteiger partial charge >= 0.3 is 6.15 Å². The smallest absolute Gasteiger partial charge is 0.186 e. The molecule has 0 aliphatic heterocycles. The molecule has 0 spiro atoms. The van der Waals surface area contributed by atoms with E-state index in [1.54, 1.807) is 0 Å². The Labute approximate surface area is 26.3 Å². The summed E-state index contributed by atoms with van der Waals surface area (Å²) in [4.78, 5) is 16.2. The molecule has 0 rings (SSSR count). The highest BCUT2D eigenvalue weighted by Crippen LogP contribution is 1.42. The van der Waals surface area contributed by atoms with Gasteiger partial charge in [0.05, 0.1) is 0 Å². The highest BCUT2D eigenvalue weighted by molar-refractivity contribution is 5.20. The number of rotatable bonds is 0. The molecule has 30 valence electrons. The van der Waals surface area contributed by atoms with E-state index in [4.69, 9.17) is 18.7 Å². The van der Waals surface area contributed by atoms with E-state index in [9.17, 15) is 0 Å². The van der Waals surface area contributed by atoms with Crippen molar-refractivity contribution in [1.29, 1.82) is 0 Å². The molecule has 0 aromatic heterocycles. The lowest BCUT2D eigenvalue weighted by Gasteiger charge is -1.00. The van der Waals surface area contributed by atoms with Gasteiger partial charge in [0.15, 0.2) is 0 Å². The van der Waals surface area contributed by atoms with Crippen LogP contribution in [-0.2, 0) is 9.59 Å². The topological polar surface area (TPSA) is 34.1 Å². The Morgan fingerprint density at radius 3 is 1.20 bits per heavy atom. The predicted molar refractivity (Wildman–Crippen MR) is 7.22 cm³/mol. The van der Waals surface area contributed by atoms with Crippen LogP contribution in [0.3, 0.4) is 0 Å². The fraction of sp³-hybridized carbons (Fsp3) is 0. The Balaban J connectivity index is 0. The van der Waals surface area contributed by atoms with Crippen molar-refractivity contribution in [3.05, 3.63) is 0 Å². The molecule has 0 aliphatic rings. The van der Waals surface area contributed by atoms with E-state index in [1.807, 2.05) is 0 Å². The van der Waals surface area contributed by atoms with Crippen molar-refractivity contribution in [2.45, 2.75) is 0 Å². The summed E-state index contributed by atoms with van der Waals surface area (Å²) in [6, 6.07) is 0. The molecule has 0 heterocycles. The van der Waals surface area contributed by atoms with Gasteiger partial charge in [-0.2, -0.15) is 9.59 Å². The second kappa shape index (κ2) is 282. The molecular formula is CF2O2. The van der Waals surface area contributed by atoms with Gasteiger partial charge in [0.1, 0.15) is 0 Å². The SMILES string of the molecule is FF.O=C=O. The van der Waals surface area contributed by atoms with Crippen LogP contribution < -0.4 is 0 Å². The van der Waals surface area contributed by atoms with Gasteiger partial charge in [0, 0.05) is 9.15 Å². The molecule has 0 aromatic carbocycles. The van der Waals surface area contributed by atoms with E-state index >= 15 is 0 Å². The van der Waals surface area contributed by atoms with E-state index in [0.717, 1.165) is 0 Å². The largest absolute Gasteiger partial charge is 0.373 e. The highest BCUT2D eigenvalue weighted by atomic mass is 20.0. The first kappa shape index (κ1) is 8.87. The molecular weight excluding hydrogens is 82.0 g/mol. The summed E-state index contributed by atoms with van der Waals surface area (Å²) in [5.74, 6) is 0. The molecule has 0 radical (unpaired) electrons. The summed E-state index contributed by atoms with van der Waals surface area (Å²) in [6.07, 6.45) is 0.250. The Morgan fingerprint density at radius 2 is 1.20 bits per heavy atom. The van der Waals surface area contributed by atoms with Crippen LogP contribution in [0.5, 0.6) is 0 Å². The van der Waals surface area contributed by atoms with Crippen LogP contribution in [0.1, 0.15) is 0 Å². The monoisotopic (exact) mass is 82.0 g/mol. The zero-order valence-corrected chi connectivity index (χ0v) is 2.07. The number of hydrogen-bond acceptors (Lipinski definition) is 2. The molecule has 5 heavy (non-hydrogen) atoms. The van der Waals surface area contributed by atoms with Crippen LogP contribution >= 0.6 is 0 Å². The van der Waals surface area contributed by atoms with E-state index in [1.165, 1.54) is 0 Å². The third-order valence-electron chi connectivity index (χ3n) is 0. The van der Waals surface area contributed by atoms with Crippen molar-refractivity contribution in [2.75, 3.05) is 0 Å². The van der Waals surface area contributed by atoms with E-state index in [-0.39, 0.29) is 6.15 Å². The second-order valence-corrected chi connectivity index (χ2v) is 0.0833. The van der Waals surface area contributed by atoms with Gasteiger partial charge in [0.2, 0.25) is 0 Å². The van der Waals surface area contributed by atoms with Crippen molar-refractivity contribution >= 4 is 6.15 Å². The first-order chi connectivity index (χ1) is 2.41. The van der Waals surface area contributed by atoms with Gasteiger partial charge in [-0.05, 0) is 0 Å². The quantitative estimate of drug-likeness (QED) is 0.420. The van der Waals surface area contributed by atoms with Gasteiger partial charge in [-0.15, -0.1) is 0 Å². The molecule has 0 aliphatic carbocycles. The van der Waals surface area contributed by atoms with Crippen LogP contribution in [0.25, 0.3) is 0 Å². The Bertz CT molecular complexity index is 28.6. The fourth-order valence-electron chi connectivity index (χ4n) is 0. The minimum absolute atomic E-state index is 0.250. The minimum atomic E-state index is 0.250. The first-order valence-corrected chi connectivity index (χ1v) is 0.551. The Morgan fingerprint density at radius 1 is 1.20 bits per heavy atom. The predicted octanol–water partition coefficient (Wildman–Crippen LogP) is 0.257. The van der Waals surface area contributed by atoms with E-state index in [2.05, 4.69) is 0 Å². The van der Waals surface area contributed by atoms with Crippen molar-refractivity contribution in [2.24, 2.45) is 0 Å². The zero-order valence-electron chi connectivity index (χ0n) is 2.07. The molecule has 2 nitrogen and oxygen atoms in total. The maximum Gasteiger partial charge on any atom is 0.373 e. The maximum absolute atomic E-state index is 8.12. The summed E-state index contributed by atoms with van der Waals surface area (Å²) >= 11 is 0. The third kappa shape index (κ3) is 8.63. The van der Waals surface area contributed by atoms with Gasteiger partial charge in [0.25, 0.3) is 0 Å². The molecule has 0 fully saturated rings. The van der Waals surface area contributed by atoms with Gasteiger partial charge in [-0.1, -0.05) is 0 Å². The van der Waals surface area contributed by atoms with E-state index < -0.39 is 0 Å². The number of carbonyl (C=O) groups excluding carboxylic acids is 2. The molecule has 0 unspecified atom stereocenters. The Hall–Kier alpha value is -0.760. The van der Waals surface area contributed by atoms with Crippen molar-refractivity contribution in [3.63, 3.8) is 0 Å². The average Bonchev–Trinajstić information content (AvgIpc) is 1.46. The highest BCUT2D eigenvalue weighted by Gasteiger charge is 1.13. The van der Waals surface area contributed by atoms with Crippen LogP contribution in [0.15, 0.2) is 0 Å². The summed E-state index contributed by atoms with van der Waals surface area (Å²) in [5, 5.41) is 0. The molecule has 0 amide bonds. The first-order valence-electron chi connectivity index (χ1n) is 0.551. The summed E-state index contributed by atoms with van der Waals surface area (Å²) in [5.41, 5.74) is 0. The lowest BCUT2D eigenvalue weighted by molar-refractivity contribution is -0.191. The van der Waals surface area contributed by atoms with Gasteiger partial charge in [-0.25, -0.2) is 0 Å². The van der Waals surface area contributed by atoms with Crippen molar-refractivity contribution in [1.82, 2.24) is 0 Å². The molecule has 0 bridgehead atoms. The normalized spacial score (nSPS) is 2.80. The molecule has 0 aromatic rings.